The molecule has 0 saturated carbocycles. The van der Waals surface area contributed by atoms with E-state index in [-0.39, 0.29) is 17.6 Å². The van der Waals surface area contributed by atoms with E-state index in [1.807, 2.05) is 30.3 Å². The molecule has 0 fully saturated rings. The first-order valence-corrected chi connectivity index (χ1v) is 6.11. The fraction of sp³-hybridized carbons (Fsp3) is 0.273. The van der Waals surface area contributed by atoms with Crippen molar-refractivity contribution in [1.29, 1.82) is 0 Å². The van der Waals surface area contributed by atoms with Crippen LogP contribution in [0.3, 0.4) is 0 Å². The lowest BCUT2D eigenvalue weighted by molar-refractivity contribution is -0.120. The molecular weight excluding hydrogens is 238 g/mol. The summed E-state index contributed by atoms with van der Waals surface area (Å²) in [6.45, 7) is 0. The minimum Gasteiger partial charge on any atom is -0.358 e. The first kappa shape index (κ1) is 13.5. The Morgan fingerprint density at radius 1 is 1.35 bits per heavy atom. The number of thioether (sulfide) groups is 1. The quantitative estimate of drug-likeness (QED) is 0.397. The Kier molecular flexibility index (Phi) is 5.51. The van der Waals surface area contributed by atoms with Crippen LogP contribution in [-0.4, -0.2) is 24.6 Å². The van der Waals surface area contributed by atoms with E-state index >= 15 is 0 Å². The number of benzene rings is 1. The second-order valence-electron chi connectivity index (χ2n) is 3.28. The van der Waals surface area contributed by atoms with Gasteiger partial charge in [-0.15, -0.1) is 11.8 Å². The molecule has 0 aliphatic rings. The molecule has 0 bridgehead atoms. The van der Waals surface area contributed by atoms with Gasteiger partial charge in [0.1, 0.15) is 5.25 Å². The fourth-order valence-corrected chi connectivity index (χ4v) is 2.29. The Labute approximate surface area is 104 Å². The van der Waals surface area contributed by atoms with Gasteiger partial charge in [0.05, 0.1) is 5.75 Å². The molecule has 0 spiro atoms. The zero-order valence-corrected chi connectivity index (χ0v) is 10.3. The third-order valence-electron chi connectivity index (χ3n) is 2.14. The largest absolute Gasteiger partial charge is 0.358 e. The van der Waals surface area contributed by atoms with Crippen LogP contribution >= 0.6 is 11.8 Å². The Balaban J connectivity index is 2.75. The van der Waals surface area contributed by atoms with Crippen LogP contribution < -0.4 is 16.6 Å². The molecule has 1 aromatic carbocycles. The molecule has 0 aliphatic heterocycles. The van der Waals surface area contributed by atoms with Crippen molar-refractivity contribution in [3.63, 3.8) is 0 Å². The zero-order chi connectivity index (χ0) is 12.7. The van der Waals surface area contributed by atoms with Crippen LogP contribution in [0.2, 0.25) is 0 Å². The molecule has 5 nitrogen and oxygen atoms in total. The summed E-state index contributed by atoms with van der Waals surface area (Å²) < 4.78 is 0. The van der Waals surface area contributed by atoms with Gasteiger partial charge < -0.3 is 5.32 Å². The summed E-state index contributed by atoms with van der Waals surface area (Å²) in [7, 11) is 1.56. The van der Waals surface area contributed by atoms with E-state index in [9.17, 15) is 9.59 Å². The number of carbonyl (C=O) groups excluding carboxylic acids is 2. The normalized spacial score (nSPS) is 11.6. The van der Waals surface area contributed by atoms with Crippen LogP contribution in [-0.2, 0) is 9.59 Å². The zero-order valence-electron chi connectivity index (χ0n) is 9.47. The third-order valence-corrected chi connectivity index (χ3v) is 3.39. The number of amides is 2. The highest BCUT2D eigenvalue weighted by molar-refractivity contribution is 8.00. The van der Waals surface area contributed by atoms with Crippen molar-refractivity contribution in [2.75, 3.05) is 12.8 Å². The summed E-state index contributed by atoms with van der Waals surface area (Å²) in [5, 5.41) is 2.03. The molecule has 4 N–H and O–H groups in total. The van der Waals surface area contributed by atoms with Crippen molar-refractivity contribution >= 4 is 23.6 Å². The lowest BCUT2D eigenvalue weighted by atomic mass is 10.1. The smallest absolute Gasteiger partial charge is 0.251 e. The molecule has 17 heavy (non-hydrogen) atoms. The summed E-state index contributed by atoms with van der Waals surface area (Å²) in [5.41, 5.74) is 2.94. The van der Waals surface area contributed by atoms with E-state index in [0.717, 1.165) is 5.56 Å². The second kappa shape index (κ2) is 6.93. The Morgan fingerprint density at radius 2 is 2.00 bits per heavy atom. The summed E-state index contributed by atoms with van der Waals surface area (Å²) >= 11 is 1.24. The summed E-state index contributed by atoms with van der Waals surface area (Å²) in [6.07, 6.45) is 0. The maximum Gasteiger partial charge on any atom is 0.251 e. The summed E-state index contributed by atoms with van der Waals surface area (Å²) in [4.78, 5) is 22.8. The predicted molar refractivity (Wildman–Crippen MR) is 68.0 cm³/mol. The molecule has 6 heteroatoms. The van der Waals surface area contributed by atoms with Gasteiger partial charge in [0.15, 0.2) is 0 Å². The number of nitrogens with one attached hydrogen (secondary N) is 2. The minimum absolute atomic E-state index is 0.124. The van der Waals surface area contributed by atoms with Gasteiger partial charge in [-0.25, -0.2) is 5.84 Å². The van der Waals surface area contributed by atoms with Gasteiger partial charge >= 0.3 is 0 Å². The molecule has 0 saturated heterocycles. The van der Waals surface area contributed by atoms with E-state index in [1.165, 1.54) is 11.8 Å². The van der Waals surface area contributed by atoms with Crippen molar-refractivity contribution in [1.82, 2.24) is 10.7 Å². The van der Waals surface area contributed by atoms with Gasteiger partial charge in [-0.3, -0.25) is 15.0 Å². The number of nitrogens with two attached hydrogens (primary N) is 1. The lowest BCUT2D eigenvalue weighted by Gasteiger charge is -2.14. The van der Waals surface area contributed by atoms with Crippen molar-refractivity contribution in [2.45, 2.75) is 5.25 Å². The van der Waals surface area contributed by atoms with Crippen molar-refractivity contribution in [3.8, 4) is 0 Å². The monoisotopic (exact) mass is 253 g/mol. The molecule has 1 atom stereocenters. The highest BCUT2D eigenvalue weighted by Crippen LogP contribution is 2.28. The standard InChI is InChI=1S/C11H15N3O2S/c1-13-9(15)7-17-10(11(16)14-12)8-5-3-2-4-6-8/h2-6,10H,7,12H2,1H3,(H,13,15)(H,14,16). The van der Waals surface area contributed by atoms with Crippen LogP contribution in [0, 0.1) is 0 Å². The number of carbonyl (C=O) groups is 2. The van der Waals surface area contributed by atoms with E-state index in [4.69, 9.17) is 5.84 Å². The van der Waals surface area contributed by atoms with Crippen molar-refractivity contribution < 1.29 is 9.59 Å². The molecule has 0 aromatic heterocycles. The number of hydrogen-bond acceptors (Lipinski definition) is 4. The van der Waals surface area contributed by atoms with Crippen molar-refractivity contribution in [3.05, 3.63) is 35.9 Å². The molecule has 0 heterocycles. The maximum absolute atomic E-state index is 11.6. The van der Waals surface area contributed by atoms with Gasteiger partial charge in [0, 0.05) is 7.05 Å². The van der Waals surface area contributed by atoms with E-state index in [0.29, 0.717) is 0 Å². The highest BCUT2D eigenvalue weighted by Gasteiger charge is 2.20. The van der Waals surface area contributed by atoms with E-state index in [1.54, 1.807) is 7.05 Å². The van der Waals surface area contributed by atoms with Crippen LogP contribution in [0.4, 0.5) is 0 Å². The van der Waals surface area contributed by atoms with Gasteiger partial charge in [-0.2, -0.15) is 0 Å². The van der Waals surface area contributed by atoms with Crippen LogP contribution in [0.5, 0.6) is 0 Å². The molecule has 1 unspecified atom stereocenters. The second-order valence-corrected chi connectivity index (χ2v) is 4.38. The van der Waals surface area contributed by atoms with Crippen molar-refractivity contribution in [2.24, 2.45) is 5.84 Å². The Bertz CT molecular complexity index is 384. The van der Waals surface area contributed by atoms with Gasteiger partial charge in [0.25, 0.3) is 5.91 Å². The number of hydrazine groups is 1. The minimum atomic E-state index is -0.474. The SMILES string of the molecule is CNC(=O)CSC(C(=O)NN)c1ccccc1. The molecule has 1 rings (SSSR count). The molecule has 92 valence electrons. The molecule has 1 aromatic rings. The molecule has 0 radical (unpaired) electrons. The molecular formula is C11H15N3O2S. The van der Waals surface area contributed by atoms with Crippen LogP contribution in [0.15, 0.2) is 30.3 Å². The lowest BCUT2D eigenvalue weighted by Crippen LogP contribution is -2.34. The fourth-order valence-electron chi connectivity index (χ4n) is 1.26. The van der Waals surface area contributed by atoms with Gasteiger partial charge in [-0.05, 0) is 5.56 Å². The predicted octanol–water partition coefficient (Wildman–Crippen LogP) is 0.197. The van der Waals surface area contributed by atoms with Crippen LogP contribution in [0.1, 0.15) is 10.8 Å². The summed E-state index contributed by atoms with van der Waals surface area (Å²) in [6, 6.07) is 9.21. The molecule has 0 aliphatic carbocycles. The number of rotatable bonds is 5. The molecule has 2 amide bonds. The number of hydrogen-bond donors (Lipinski definition) is 3. The first-order chi connectivity index (χ1) is 8.19. The van der Waals surface area contributed by atoms with Gasteiger partial charge in [0.2, 0.25) is 5.91 Å². The van der Waals surface area contributed by atoms with Crippen LogP contribution in [0.25, 0.3) is 0 Å². The average molecular weight is 253 g/mol. The van der Waals surface area contributed by atoms with Gasteiger partial charge in [-0.1, -0.05) is 30.3 Å². The topological polar surface area (TPSA) is 84.2 Å². The summed E-state index contributed by atoms with van der Waals surface area (Å²) in [5.74, 6) is 4.91. The van der Waals surface area contributed by atoms with E-state index < -0.39 is 5.25 Å². The van der Waals surface area contributed by atoms with E-state index in [2.05, 4.69) is 10.7 Å². The average Bonchev–Trinajstić information content (AvgIpc) is 2.39. The maximum atomic E-state index is 11.6. The Hall–Kier alpha value is -1.53. The third kappa shape index (κ3) is 4.08. The first-order valence-electron chi connectivity index (χ1n) is 5.06. The Morgan fingerprint density at radius 3 is 2.53 bits per heavy atom. The highest BCUT2D eigenvalue weighted by atomic mass is 32.2.